The standard InChI is InChI=1S/C17H27N3O/c1-2-3-7-15-10-16(13-20(12-15)17(18)21)19-11-14-8-5-4-6-9-14/h4-6,8-9,15-16,19H,2-3,7,10-13H2,1H3,(H2,18,21). The summed E-state index contributed by atoms with van der Waals surface area (Å²) in [4.78, 5) is 13.3. The maximum absolute atomic E-state index is 11.5. The van der Waals surface area contributed by atoms with Crippen molar-refractivity contribution in [2.75, 3.05) is 13.1 Å². The van der Waals surface area contributed by atoms with Gasteiger partial charge in [-0.1, -0.05) is 50.1 Å². The van der Waals surface area contributed by atoms with Crippen LogP contribution in [0, 0.1) is 5.92 Å². The van der Waals surface area contributed by atoms with Crippen molar-refractivity contribution in [1.82, 2.24) is 10.2 Å². The quantitative estimate of drug-likeness (QED) is 0.846. The minimum absolute atomic E-state index is 0.289. The molecule has 4 nitrogen and oxygen atoms in total. The van der Waals surface area contributed by atoms with E-state index in [1.165, 1.54) is 24.8 Å². The van der Waals surface area contributed by atoms with Gasteiger partial charge in [-0.05, 0) is 24.3 Å². The minimum Gasteiger partial charge on any atom is -0.351 e. The van der Waals surface area contributed by atoms with Crippen LogP contribution >= 0.6 is 0 Å². The van der Waals surface area contributed by atoms with Gasteiger partial charge in [-0.3, -0.25) is 0 Å². The first kappa shape index (κ1) is 15.8. The van der Waals surface area contributed by atoms with E-state index in [4.69, 9.17) is 5.73 Å². The summed E-state index contributed by atoms with van der Waals surface area (Å²) in [7, 11) is 0. The van der Waals surface area contributed by atoms with Gasteiger partial charge in [0, 0.05) is 25.7 Å². The van der Waals surface area contributed by atoms with E-state index in [1.807, 2.05) is 6.07 Å². The Morgan fingerprint density at radius 1 is 1.33 bits per heavy atom. The van der Waals surface area contributed by atoms with Gasteiger partial charge in [0.25, 0.3) is 0 Å². The number of carbonyl (C=O) groups is 1. The molecule has 2 atom stereocenters. The van der Waals surface area contributed by atoms with Gasteiger partial charge in [-0.2, -0.15) is 0 Å². The molecule has 1 aliphatic rings. The number of likely N-dealkylation sites (tertiary alicyclic amines) is 1. The third-order valence-electron chi connectivity index (χ3n) is 4.25. The summed E-state index contributed by atoms with van der Waals surface area (Å²) in [5.41, 5.74) is 6.76. The van der Waals surface area contributed by atoms with E-state index in [9.17, 15) is 4.79 Å². The van der Waals surface area contributed by atoms with Crippen molar-refractivity contribution in [3.05, 3.63) is 35.9 Å². The van der Waals surface area contributed by atoms with E-state index in [2.05, 4.69) is 36.5 Å². The van der Waals surface area contributed by atoms with Crippen molar-refractivity contribution >= 4 is 6.03 Å². The number of piperidine rings is 1. The lowest BCUT2D eigenvalue weighted by Gasteiger charge is -2.37. The van der Waals surface area contributed by atoms with Gasteiger partial charge in [0.2, 0.25) is 0 Å². The van der Waals surface area contributed by atoms with Crippen LogP contribution < -0.4 is 11.1 Å². The summed E-state index contributed by atoms with van der Waals surface area (Å²) in [5, 5.41) is 3.58. The molecule has 0 bridgehead atoms. The molecule has 0 spiro atoms. The van der Waals surface area contributed by atoms with E-state index in [0.717, 1.165) is 26.1 Å². The topological polar surface area (TPSA) is 58.4 Å². The van der Waals surface area contributed by atoms with Gasteiger partial charge >= 0.3 is 6.03 Å². The first-order chi connectivity index (χ1) is 10.2. The molecule has 0 radical (unpaired) electrons. The Labute approximate surface area is 127 Å². The van der Waals surface area contributed by atoms with Gasteiger partial charge < -0.3 is 16.0 Å². The molecule has 0 saturated carbocycles. The van der Waals surface area contributed by atoms with E-state index in [-0.39, 0.29) is 6.03 Å². The van der Waals surface area contributed by atoms with Crippen LogP contribution in [0.15, 0.2) is 30.3 Å². The van der Waals surface area contributed by atoms with E-state index >= 15 is 0 Å². The third-order valence-corrected chi connectivity index (χ3v) is 4.25. The predicted molar refractivity (Wildman–Crippen MR) is 85.9 cm³/mol. The number of hydrogen-bond acceptors (Lipinski definition) is 2. The Hall–Kier alpha value is -1.55. The SMILES string of the molecule is CCCCC1CC(NCc2ccccc2)CN(C(N)=O)C1. The fourth-order valence-corrected chi connectivity index (χ4v) is 3.09. The second-order valence-electron chi connectivity index (χ2n) is 6.05. The fourth-order valence-electron chi connectivity index (χ4n) is 3.09. The lowest BCUT2D eigenvalue weighted by atomic mass is 9.90. The minimum atomic E-state index is -0.289. The monoisotopic (exact) mass is 289 g/mol. The van der Waals surface area contributed by atoms with Crippen molar-refractivity contribution in [1.29, 1.82) is 0 Å². The van der Waals surface area contributed by atoms with Crippen LogP contribution in [0.2, 0.25) is 0 Å². The van der Waals surface area contributed by atoms with Crippen LogP contribution in [0.25, 0.3) is 0 Å². The smallest absolute Gasteiger partial charge is 0.314 e. The lowest BCUT2D eigenvalue weighted by Crippen LogP contribution is -2.52. The molecular formula is C17H27N3O. The van der Waals surface area contributed by atoms with Gasteiger partial charge in [0.15, 0.2) is 0 Å². The van der Waals surface area contributed by atoms with E-state index in [0.29, 0.717) is 12.0 Å². The Kier molecular flexibility index (Phi) is 6.05. The fraction of sp³-hybridized carbons (Fsp3) is 0.588. The van der Waals surface area contributed by atoms with Crippen molar-refractivity contribution in [2.24, 2.45) is 11.7 Å². The average Bonchev–Trinajstić information content (AvgIpc) is 2.51. The highest BCUT2D eigenvalue weighted by atomic mass is 16.2. The molecule has 0 aliphatic carbocycles. The summed E-state index contributed by atoms with van der Waals surface area (Å²) in [6.07, 6.45) is 4.75. The molecule has 0 aromatic heterocycles. The summed E-state index contributed by atoms with van der Waals surface area (Å²) in [6.45, 7) is 4.60. The average molecular weight is 289 g/mol. The van der Waals surface area contributed by atoms with Crippen molar-refractivity contribution in [3.8, 4) is 0 Å². The van der Waals surface area contributed by atoms with Crippen molar-refractivity contribution < 1.29 is 4.79 Å². The number of unbranched alkanes of at least 4 members (excludes halogenated alkanes) is 1. The number of nitrogens with one attached hydrogen (secondary N) is 1. The molecule has 21 heavy (non-hydrogen) atoms. The summed E-state index contributed by atoms with van der Waals surface area (Å²) in [6, 6.07) is 10.4. The van der Waals surface area contributed by atoms with Gasteiger partial charge in [0.1, 0.15) is 0 Å². The summed E-state index contributed by atoms with van der Waals surface area (Å²) >= 11 is 0. The Morgan fingerprint density at radius 2 is 2.10 bits per heavy atom. The number of amides is 2. The van der Waals surface area contributed by atoms with Crippen molar-refractivity contribution in [2.45, 2.75) is 45.2 Å². The van der Waals surface area contributed by atoms with Gasteiger partial charge in [-0.15, -0.1) is 0 Å². The van der Waals surface area contributed by atoms with E-state index in [1.54, 1.807) is 4.90 Å². The molecule has 116 valence electrons. The molecule has 4 heteroatoms. The second-order valence-corrected chi connectivity index (χ2v) is 6.05. The summed E-state index contributed by atoms with van der Waals surface area (Å²) < 4.78 is 0. The van der Waals surface area contributed by atoms with Crippen LogP contribution in [-0.2, 0) is 6.54 Å². The number of rotatable bonds is 6. The van der Waals surface area contributed by atoms with Crippen LogP contribution in [0.3, 0.4) is 0 Å². The molecule has 1 saturated heterocycles. The largest absolute Gasteiger partial charge is 0.351 e. The Morgan fingerprint density at radius 3 is 2.76 bits per heavy atom. The molecule has 2 unspecified atom stereocenters. The lowest BCUT2D eigenvalue weighted by molar-refractivity contribution is 0.147. The number of hydrogen-bond donors (Lipinski definition) is 2. The van der Waals surface area contributed by atoms with E-state index < -0.39 is 0 Å². The molecule has 1 heterocycles. The number of primary amides is 1. The molecule has 2 rings (SSSR count). The zero-order chi connectivity index (χ0) is 15.1. The first-order valence-corrected chi connectivity index (χ1v) is 8.00. The van der Waals surface area contributed by atoms with Gasteiger partial charge in [0.05, 0.1) is 0 Å². The molecule has 3 N–H and O–H groups in total. The number of benzene rings is 1. The maximum Gasteiger partial charge on any atom is 0.314 e. The number of nitrogens with zero attached hydrogens (tertiary/aromatic N) is 1. The Bertz CT molecular complexity index is 435. The van der Waals surface area contributed by atoms with Gasteiger partial charge in [-0.25, -0.2) is 4.79 Å². The molecule has 1 fully saturated rings. The van der Waals surface area contributed by atoms with Crippen molar-refractivity contribution in [3.63, 3.8) is 0 Å². The zero-order valence-corrected chi connectivity index (χ0v) is 12.9. The molecule has 2 amide bonds. The first-order valence-electron chi connectivity index (χ1n) is 8.00. The van der Waals surface area contributed by atoms with Crippen LogP contribution in [-0.4, -0.2) is 30.1 Å². The highest BCUT2D eigenvalue weighted by Gasteiger charge is 2.28. The highest BCUT2D eigenvalue weighted by molar-refractivity contribution is 5.72. The number of urea groups is 1. The molecular weight excluding hydrogens is 262 g/mol. The second kappa shape index (κ2) is 8.03. The molecule has 1 aliphatic heterocycles. The van der Waals surface area contributed by atoms with Crippen LogP contribution in [0.5, 0.6) is 0 Å². The highest BCUT2D eigenvalue weighted by Crippen LogP contribution is 2.22. The zero-order valence-electron chi connectivity index (χ0n) is 12.9. The molecule has 1 aromatic rings. The molecule has 1 aromatic carbocycles. The third kappa shape index (κ3) is 5.05. The maximum atomic E-state index is 11.5. The van der Waals surface area contributed by atoms with Crippen LogP contribution in [0.4, 0.5) is 4.79 Å². The number of nitrogens with two attached hydrogens (primary N) is 1. The number of carbonyl (C=O) groups excluding carboxylic acids is 1. The normalized spacial score (nSPS) is 22.2. The Balaban J connectivity index is 1.89. The van der Waals surface area contributed by atoms with Crippen LogP contribution in [0.1, 0.15) is 38.2 Å². The predicted octanol–water partition coefficient (Wildman–Crippen LogP) is 2.74. The summed E-state index contributed by atoms with van der Waals surface area (Å²) in [5.74, 6) is 0.569.